The van der Waals surface area contributed by atoms with Crippen LogP contribution in [0.2, 0.25) is 0 Å². The first kappa shape index (κ1) is 18.9. The molecule has 0 atom stereocenters. The zero-order valence-corrected chi connectivity index (χ0v) is 15.4. The second kappa shape index (κ2) is 8.68. The van der Waals surface area contributed by atoms with Crippen LogP contribution < -0.4 is 15.4 Å². The summed E-state index contributed by atoms with van der Waals surface area (Å²) in [6.07, 6.45) is 1.54. The lowest BCUT2D eigenvalue weighted by Gasteiger charge is -2.10. The van der Waals surface area contributed by atoms with Gasteiger partial charge in [-0.05, 0) is 42.5 Å². The molecular weight excluding hydrogens is 358 g/mol. The maximum atomic E-state index is 12.6. The number of anilines is 3. The molecule has 0 spiro atoms. The van der Waals surface area contributed by atoms with E-state index in [1.807, 2.05) is 24.3 Å². The van der Waals surface area contributed by atoms with Crippen molar-refractivity contribution >= 4 is 29.1 Å². The summed E-state index contributed by atoms with van der Waals surface area (Å²) in [4.78, 5) is 28.4. The Bertz CT molecular complexity index is 1000. The summed E-state index contributed by atoms with van der Waals surface area (Å²) < 4.78 is 9.89. The van der Waals surface area contributed by atoms with E-state index in [0.29, 0.717) is 28.4 Å². The number of rotatable bonds is 6. The van der Waals surface area contributed by atoms with Crippen molar-refractivity contribution in [3.63, 3.8) is 0 Å². The molecule has 1 heterocycles. The van der Waals surface area contributed by atoms with Gasteiger partial charge in [0.25, 0.3) is 5.91 Å². The molecule has 3 aromatic rings. The van der Waals surface area contributed by atoms with E-state index < -0.39 is 5.97 Å². The van der Waals surface area contributed by atoms with Crippen LogP contribution in [0.25, 0.3) is 0 Å². The molecule has 0 unspecified atom stereocenters. The zero-order valence-electron chi connectivity index (χ0n) is 15.4. The molecule has 0 aliphatic heterocycles. The number of hydrogen-bond donors (Lipinski definition) is 2. The average molecular weight is 377 g/mol. The van der Waals surface area contributed by atoms with Crippen LogP contribution in [0.3, 0.4) is 0 Å². The monoisotopic (exact) mass is 377 g/mol. The standard InChI is InChI=1S/C21H19N3O4/c1-27-18-8-4-7-17(13-18)23-19-12-14(9-10-22-19)20(25)24-16-6-3-5-15(11-16)21(26)28-2/h3-13H,1-2H3,(H,22,23)(H,24,25). The van der Waals surface area contributed by atoms with E-state index in [-0.39, 0.29) is 5.91 Å². The third kappa shape index (κ3) is 4.64. The van der Waals surface area contributed by atoms with Crippen molar-refractivity contribution in [1.29, 1.82) is 0 Å². The predicted molar refractivity (Wildman–Crippen MR) is 106 cm³/mol. The van der Waals surface area contributed by atoms with Crippen molar-refractivity contribution in [1.82, 2.24) is 4.98 Å². The maximum absolute atomic E-state index is 12.6. The minimum absolute atomic E-state index is 0.321. The molecule has 2 aromatic carbocycles. The van der Waals surface area contributed by atoms with Crippen molar-refractivity contribution in [3.05, 3.63) is 78.0 Å². The van der Waals surface area contributed by atoms with Gasteiger partial charge in [-0.15, -0.1) is 0 Å². The Morgan fingerprint density at radius 1 is 0.893 bits per heavy atom. The van der Waals surface area contributed by atoms with Crippen molar-refractivity contribution in [2.45, 2.75) is 0 Å². The van der Waals surface area contributed by atoms with Crippen molar-refractivity contribution in [2.75, 3.05) is 24.9 Å². The van der Waals surface area contributed by atoms with Crippen LogP contribution in [0.15, 0.2) is 66.9 Å². The summed E-state index contributed by atoms with van der Waals surface area (Å²) >= 11 is 0. The molecular formula is C21H19N3O4. The number of aromatic nitrogens is 1. The molecule has 3 rings (SSSR count). The molecule has 1 amide bonds. The number of hydrogen-bond acceptors (Lipinski definition) is 6. The van der Waals surface area contributed by atoms with Gasteiger partial charge in [-0.1, -0.05) is 12.1 Å². The fraction of sp³-hybridized carbons (Fsp3) is 0.0952. The van der Waals surface area contributed by atoms with E-state index in [9.17, 15) is 9.59 Å². The number of ether oxygens (including phenoxy) is 2. The SMILES string of the molecule is COC(=O)c1cccc(NC(=O)c2ccnc(Nc3cccc(OC)c3)c2)c1. The minimum atomic E-state index is -0.468. The zero-order chi connectivity index (χ0) is 19.9. The van der Waals surface area contributed by atoms with Crippen molar-refractivity contribution in [2.24, 2.45) is 0 Å². The van der Waals surface area contributed by atoms with Crippen molar-refractivity contribution in [3.8, 4) is 5.75 Å². The van der Waals surface area contributed by atoms with Crippen LogP contribution in [0.4, 0.5) is 17.2 Å². The first-order chi connectivity index (χ1) is 13.6. The van der Waals surface area contributed by atoms with Gasteiger partial charge in [0.05, 0.1) is 19.8 Å². The third-order valence-corrected chi connectivity index (χ3v) is 3.91. The molecule has 0 bridgehead atoms. The second-order valence-electron chi connectivity index (χ2n) is 5.81. The fourth-order valence-corrected chi connectivity index (χ4v) is 2.53. The van der Waals surface area contributed by atoms with Crippen LogP contribution in [-0.4, -0.2) is 31.1 Å². The highest BCUT2D eigenvalue weighted by molar-refractivity contribution is 6.05. The maximum Gasteiger partial charge on any atom is 0.337 e. The van der Waals surface area contributed by atoms with E-state index in [4.69, 9.17) is 9.47 Å². The molecule has 1 aromatic heterocycles. The number of methoxy groups -OCH3 is 2. The number of amides is 1. The number of nitrogens with zero attached hydrogens (tertiary/aromatic N) is 1. The van der Waals surface area contributed by atoms with Gasteiger partial charge in [0.15, 0.2) is 0 Å². The van der Waals surface area contributed by atoms with Crippen molar-refractivity contribution < 1.29 is 19.1 Å². The van der Waals surface area contributed by atoms with Gasteiger partial charge in [0.2, 0.25) is 0 Å². The lowest BCUT2D eigenvalue weighted by atomic mass is 10.2. The highest BCUT2D eigenvalue weighted by Gasteiger charge is 2.10. The average Bonchev–Trinajstić information content (AvgIpc) is 2.73. The summed E-state index contributed by atoms with van der Waals surface area (Å²) in [6, 6.07) is 17.2. The highest BCUT2D eigenvalue weighted by atomic mass is 16.5. The number of nitrogens with one attached hydrogen (secondary N) is 2. The van der Waals surface area contributed by atoms with E-state index in [2.05, 4.69) is 15.6 Å². The number of carbonyl (C=O) groups excluding carboxylic acids is 2. The van der Waals surface area contributed by atoms with E-state index >= 15 is 0 Å². The van der Waals surface area contributed by atoms with Crippen LogP contribution in [0.5, 0.6) is 5.75 Å². The van der Waals surface area contributed by atoms with Crippen LogP contribution in [0.1, 0.15) is 20.7 Å². The second-order valence-corrected chi connectivity index (χ2v) is 5.81. The van der Waals surface area contributed by atoms with Gasteiger partial charge in [-0.25, -0.2) is 9.78 Å². The lowest BCUT2D eigenvalue weighted by molar-refractivity contribution is 0.0600. The van der Waals surface area contributed by atoms with E-state index in [0.717, 1.165) is 5.69 Å². The minimum Gasteiger partial charge on any atom is -0.497 e. The molecule has 0 aliphatic carbocycles. The first-order valence-electron chi connectivity index (χ1n) is 8.46. The van der Waals surface area contributed by atoms with Crippen LogP contribution in [-0.2, 0) is 4.74 Å². The number of pyridine rings is 1. The summed E-state index contributed by atoms with van der Waals surface area (Å²) in [5, 5.41) is 5.90. The fourth-order valence-electron chi connectivity index (χ4n) is 2.53. The summed E-state index contributed by atoms with van der Waals surface area (Å²) in [5.74, 6) is 0.441. The highest BCUT2D eigenvalue weighted by Crippen LogP contribution is 2.21. The molecule has 0 fully saturated rings. The van der Waals surface area contributed by atoms with E-state index in [1.54, 1.807) is 49.7 Å². The van der Waals surface area contributed by atoms with Gasteiger partial charge in [0.1, 0.15) is 11.6 Å². The molecule has 0 saturated heterocycles. The molecule has 0 aliphatic rings. The molecule has 142 valence electrons. The number of esters is 1. The summed E-state index contributed by atoms with van der Waals surface area (Å²) in [7, 11) is 2.90. The Labute approximate surface area is 162 Å². The quantitative estimate of drug-likeness (QED) is 0.634. The topological polar surface area (TPSA) is 89.5 Å². The Morgan fingerprint density at radius 2 is 1.68 bits per heavy atom. The number of benzene rings is 2. The predicted octanol–water partition coefficient (Wildman–Crippen LogP) is 3.87. The summed E-state index contributed by atoms with van der Waals surface area (Å²) in [6.45, 7) is 0. The van der Waals surface area contributed by atoms with Gasteiger partial charge >= 0.3 is 5.97 Å². The Balaban J connectivity index is 1.74. The normalized spacial score (nSPS) is 10.1. The first-order valence-corrected chi connectivity index (χ1v) is 8.46. The van der Waals surface area contributed by atoms with Crippen LogP contribution >= 0.6 is 0 Å². The molecule has 0 saturated carbocycles. The van der Waals surface area contributed by atoms with Gasteiger partial charge < -0.3 is 20.1 Å². The summed E-state index contributed by atoms with van der Waals surface area (Å²) in [5.41, 5.74) is 2.06. The number of carbonyl (C=O) groups is 2. The molecule has 28 heavy (non-hydrogen) atoms. The largest absolute Gasteiger partial charge is 0.497 e. The smallest absolute Gasteiger partial charge is 0.337 e. The lowest BCUT2D eigenvalue weighted by Crippen LogP contribution is -2.13. The third-order valence-electron chi connectivity index (χ3n) is 3.91. The van der Waals surface area contributed by atoms with Crippen LogP contribution in [0, 0.1) is 0 Å². The Hall–Kier alpha value is -3.87. The Kier molecular flexibility index (Phi) is 5.86. The van der Waals surface area contributed by atoms with Gasteiger partial charge in [0, 0.05) is 29.2 Å². The molecule has 0 radical (unpaired) electrons. The molecule has 7 nitrogen and oxygen atoms in total. The molecule has 2 N–H and O–H groups in total. The van der Waals surface area contributed by atoms with Gasteiger partial charge in [-0.3, -0.25) is 4.79 Å². The van der Waals surface area contributed by atoms with E-state index in [1.165, 1.54) is 7.11 Å². The van der Waals surface area contributed by atoms with Gasteiger partial charge in [-0.2, -0.15) is 0 Å². The Morgan fingerprint density at radius 3 is 2.46 bits per heavy atom. The molecule has 7 heteroatoms.